The maximum absolute atomic E-state index is 5.92. The number of hydrogen-bond donors (Lipinski definition) is 1. The van der Waals surface area contributed by atoms with Crippen LogP contribution >= 0.6 is 23.4 Å². The molecule has 0 aliphatic heterocycles. The largest absolute Gasteiger partial charge is 0.325 e. The van der Waals surface area contributed by atoms with E-state index in [1.54, 1.807) is 18.0 Å². The molecule has 0 aliphatic carbocycles. The Bertz CT molecular complexity index is 296. The van der Waals surface area contributed by atoms with E-state index in [2.05, 4.69) is 4.98 Å². The predicted octanol–water partition coefficient (Wildman–Crippen LogP) is 2.71. The number of hydrogen-bond acceptors (Lipinski definition) is 3. The zero-order valence-electron chi connectivity index (χ0n) is 8.46. The summed E-state index contributed by atoms with van der Waals surface area (Å²) >= 11 is 7.70. The second-order valence-electron chi connectivity index (χ2n) is 3.93. The van der Waals surface area contributed by atoms with Gasteiger partial charge in [-0.2, -0.15) is 11.8 Å². The third kappa shape index (κ3) is 4.31. The van der Waals surface area contributed by atoms with E-state index in [0.717, 1.165) is 17.1 Å². The summed E-state index contributed by atoms with van der Waals surface area (Å²) in [5.41, 5.74) is 6.82. The summed E-state index contributed by atoms with van der Waals surface area (Å²) in [6.07, 6.45) is 1.70. The van der Waals surface area contributed by atoms with Crippen molar-refractivity contribution in [1.29, 1.82) is 0 Å². The molecule has 0 atom stereocenters. The molecule has 4 heteroatoms. The fourth-order valence-electron chi connectivity index (χ4n) is 0.951. The van der Waals surface area contributed by atoms with Crippen molar-refractivity contribution < 1.29 is 0 Å². The first-order valence-electron chi connectivity index (χ1n) is 4.45. The molecule has 2 N–H and O–H groups in total. The number of aromatic nitrogens is 1. The van der Waals surface area contributed by atoms with Gasteiger partial charge >= 0.3 is 0 Å². The molecular weight excluding hydrogens is 216 g/mol. The second kappa shape index (κ2) is 5.01. The highest BCUT2D eigenvalue weighted by atomic mass is 35.5. The maximum atomic E-state index is 5.92. The van der Waals surface area contributed by atoms with Crippen LogP contribution in [0.15, 0.2) is 18.3 Å². The van der Waals surface area contributed by atoms with Gasteiger partial charge in [-0.05, 0) is 25.5 Å². The Morgan fingerprint density at radius 1 is 1.57 bits per heavy atom. The average molecular weight is 231 g/mol. The van der Waals surface area contributed by atoms with Gasteiger partial charge in [-0.15, -0.1) is 0 Å². The Hall–Kier alpha value is -0.250. The summed E-state index contributed by atoms with van der Waals surface area (Å²) in [6.45, 7) is 4.04. The molecule has 0 unspecified atom stereocenters. The van der Waals surface area contributed by atoms with Crippen LogP contribution in [0.4, 0.5) is 0 Å². The number of pyridine rings is 1. The van der Waals surface area contributed by atoms with Crippen molar-refractivity contribution in [2.75, 3.05) is 5.75 Å². The van der Waals surface area contributed by atoms with Gasteiger partial charge in [0.15, 0.2) is 0 Å². The summed E-state index contributed by atoms with van der Waals surface area (Å²) in [6, 6.07) is 3.89. The molecule has 1 rings (SSSR count). The molecule has 0 fully saturated rings. The second-order valence-corrected chi connectivity index (χ2v) is 5.28. The lowest BCUT2D eigenvalue weighted by atomic mass is 10.1. The first-order chi connectivity index (χ1) is 6.49. The van der Waals surface area contributed by atoms with Crippen molar-refractivity contribution >= 4 is 23.4 Å². The molecule has 0 spiro atoms. The molecule has 78 valence electrons. The highest BCUT2D eigenvalue weighted by molar-refractivity contribution is 7.98. The first-order valence-corrected chi connectivity index (χ1v) is 5.98. The zero-order valence-corrected chi connectivity index (χ0v) is 10.0. The van der Waals surface area contributed by atoms with Crippen LogP contribution in [0.2, 0.25) is 5.15 Å². The molecule has 0 amide bonds. The third-order valence-electron chi connectivity index (χ3n) is 1.57. The van der Waals surface area contributed by atoms with Gasteiger partial charge in [-0.3, -0.25) is 0 Å². The lowest BCUT2D eigenvalue weighted by Crippen LogP contribution is -2.34. The number of nitrogens with two attached hydrogens (primary N) is 1. The van der Waals surface area contributed by atoms with Gasteiger partial charge in [0.25, 0.3) is 0 Å². The van der Waals surface area contributed by atoms with Crippen LogP contribution in [0.3, 0.4) is 0 Å². The van der Waals surface area contributed by atoms with E-state index in [1.165, 1.54) is 0 Å². The quantitative estimate of drug-likeness (QED) is 0.809. The van der Waals surface area contributed by atoms with Crippen molar-refractivity contribution in [3.63, 3.8) is 0 Å². The van der Waals surface area contributed by atoms with Gasteiger partial charge < -0.3 is 5.73 Å². The van der Waals surface area contributed by atoms with Crippen molar-refractivity contribution in [2.45, 2.75) is 25.1 Å². The van der Waals surface area contributed by atoms with Gasteiger partial charge in [0.05, 0.1) is 0 Å². The summed E-state index contributed by atoms with van der Waals surface area (Å²) in [5, 5.41) is 0.592. The predicted molar refractivity (Wildman–Crippen MR) is 63.7 cm³/mol. The van der Waals surface area contributed by atoms with Crippen LogP contribution < -0.4 is 5.73 Å². The van der Waals surface area contributed by atoms with Gasteiger partial charge in [-0.25, -0.2) is 4.98 Å². The number of halogens is 1. The highest BCUT2D eigenvalue weighted by Gasteiger charge is 2.10. The van der Waals surface area contributed by atoms with Crippen molar-refractivity contribution in [2.24, 2.45) is 5.73 Å². The van der Waals surface area contributed by atoms with Crippen LogP contribution in [0.25, 0.3) is 0 Å². The van der Waals surface area contributed by atoms with Crippen LogP contribution in [-0.4, -0.2) is 16.3 Å². The molecule has 0 aromatic carbocycles. The summed E-state index contributed by atoms with van der Waals surface area (Å²) in [4.78, 5) is 4.02. The highest BCUT2D eigenvalue weighted by Crippen LogP contribution is 2.20. The molecule has 0 saturated carbocycles. The molecule has 2 nitrogen and oxygen atoms in total. The molecule has 0 saturated heterocycles. The molecule has 1 aromatic rings. The first kappa shape index (κ1) is 11.8. The van der Waals surface area contributed by atoms with E-state index >= 15 is 0 Å². The molecule has 0 aliphatic rings. The van der Waals surface area contributed by atoms with E-state index in [-0.39, 0.29) is 5.54 Å². The van der Waals surface area contributed by atoms with Crippen molar-refractivity contribution in [3.8, 4) is 0 Å². The van der Waals surface area contributed by atoms with Gasteiger partial charge in [0.2, 0.25) is 0 Å². The van der Waals surface area contributed by atoms with Gasteiger partial charge in [0, 0.05) is 23.2 Å². The van der Waals surface area contributed by atoms with Gasteiger partial charge in [-0.1, -0.05) is 17.7 Å². The lowest BCUT2D eigenvalue weighted by Gasteiger charge is -2.17. The molecule has 1 heterocycles. The van der Waals surface area contributed by atoms with E-state index in [0.29, 0.717) is 5.15 Å². The number of nitrogens with zero attached hydrogens (tertiary/aromatic N) is 1. The Kier molecular flexibility index (Phi) is 4.23. The smallest absolute Gasteiger partial charge is 0.133 e. The Morgan fingerprint density at radius 2 is 2.29 bits per heavy atom. The normalized spacial score (nSPS) is 11.7. The standard InChI is InChI=1S/C10H15ClN2S/c1-10(2,12)7-14-6-8-4-3-5-13-9(8)11/h3-5H,6-7,12H2,1-2H3. The maximum Gasteiger partial charge on any atom is 0.133 e. The number of thioether (sulfide) groups is 1. The Labute approximate surface area is 94.2 Å². The van der Waals surface area contributed by atoms with E-state index in [1.807, 2.05) is 26.0 Å². The Morgan fingerprint density at radius 3 is 2.86 bits per heavy atom. The Balaban J connectivity index is 2.43. The summed E-state index contributed by atoms with van der Waals surface area (Å²) in [7, 11) is 0. The van der Waals surface area contributed by atoms with Crippen LogP contribution in [-0.2, 0) is 5.75 Å². The van der Waals surface area contributed by atoms with Crippen LogP contribution in [0.1, 0.15) is 19.4 Å². The van der Waals surface area contributed by atoms with E-state index < -0.39 is 0 Å². The molecule has 0 radical (unpaired) electrons. The zero-order chi connectivity index (χ0) is 10.6. The minimum Gasteiger partial charge on any atom is -0.325 e. The molecule has 0 bridgehead atoms. The fourth-order valence-corrected chi connectivity index (χ4v) is 2.30. The van der Waals surface area contributed by atoms with Crippen molar-refractivity contribution in [3.05, 3.63) is 29.0 Å². The molecule has 1 aromatic heterocycles. The minimum atomic E-state index is -0.126. The summed E-state index contributed by atoms with van der Waals surface area (Å²) < 4.78 is 0. The lowest BCUT2D eigenvalue weighted by molar-refractivity contribution is 0.591. The average Bonchev–Trinajstić information content (AvgIpc) is 2.06. The fraction of sp³-hybridized carbons (Fsp3) is 0.500. The molecular formula is C10H15ClN2S. The monoisotopic (exact) mass is 230 g/mol. The van der Waals surface area contributed by atoms with E-state index in [4.69, 9.17) is 17.3 Å². The topological polar surface area (TPSA) is 38.9 Å². The van der Waals surface area contributed by atoms with Gasteiger partial charge in [0.1, 0.15) is 5.15 Å². The van der Waals surface area contributed by atoms with Crippen LogP contribution in [0.5, 0.6) is 0 Å². The number of rotatable bonds is 4. The van der Waals surface area contributed by atoms with E-state index in [9.17, 15) is 0 Å². The van der Waals surface area contributed by atoms with Crippen molar-refractivity contribution in [1.82, 2.24) is 4.98 Å². The third-order valence-corrected chi connectivity index (χ3v) is 3.37. The SMILES string of the molecule is CC(C)(N)CSCc1cccnc1Cl. The summed E-state index contributed by atoms with van der Waals surface area (Å²) in [5.74, 6) is 1.78. The molecule has 14 heavy (non-hydrogen) atoms. The minimum absolute atomic E-state index is 0.126. The van der Waals surface area contributed by atoms with Crippen LogP contribution in [0, 0.1) is 0 Å².